The number of aryl methyl sites for hydroxylation is 1. The van der Waals surface area contributed by atoms with Crippen LogP contribution >= 0.6 is 0 Å². The third kappa shape index (κ3) is 6.20. The summed E-state index contributed by atoms with van der Waals surface area (Å²) in [5.41, 5.74) is -4.46. The van der Waals surface area contributed by atoms with Crippen LogP contribution in [0.25, 0.3) is 10.8 Å². The quantitative estimate of drug-likeness (QED) is 0.487. The second kappa shape index (κ2) is 10.3. The van der Waals surface area contributed by atoms with Crippen LogP contribution in [0.3, 0.4) is 0 Å². The van der Waals surface area contributed by atoms with Crippen molar-refractivity contribution in [2.45, 2.75) is 39.0 Å². The van der Waals surface area contributed by atoms with Crippen molar-refractivity contribution < 1.29 is 32.4 Å². The number of nitrogens with zero attached hydrogens (tertiary/aromatic N) is 2. The van der Waals surface area contributed by atoms with Gasteiger partial charge in [-0.3, -0.25) is 9.59 Å². The van der Waals surface area contributed by atoms with Crippen LogP contribution < -0.4 is 10.9 Å². The highest BCUT2D eigenvalue weighted by Gasteiger charge is 2.44. The average molecular weight is 530 g/mol. The van der Waals surface area contributed by atoms with Gasteiger partial charge >= 0.3 is 11.8 Å². The number of benzene rings is 2. The second-order valence-electron chi connectivity index (χ2n) is 9.72. The zero-order valence-electron chi connectivity index (χ0n) is 21.4. The third-order valence-electron chi connectivity index (χ3n) is 5.84. The van der Waals surface area contributed by atoms with Crippen molar-refractivity contribution in [2.24, 2.45) is 5.41 Å². The summed E-state index contributed by atoms with van der Waals surface area (Å²) in [6.07, 6.45) is -4.95. The van der Waals surface area contributed by atoms with E-state index in [0.29, 0.717) is 11.1 Å². The summed E-state index contributed by atoms with van der Waals surface area (Å²) in [5.74, 6) is 3.67. The van der Waals surface area contributed by atoms with Crippen molar-refractivity contribution >= 4 is 28.3 Å². The Bertz CT molecular complexity index is 1500. The minimum atomic E-state index is -4.53. The van der Waals surface area contributed by atoms with Gasteiger partial charge in [-0.2, -0.15) is 13.2 Å². The Morgan fingerprint density at radius 2 is 1.71 bits per heavy atom. The molecule has 200 valence electrons. The molecule has 2 aromatic carbocycles. The first-order chi connectivity index (χ1) is 17.5. The van der Waals surface area contributed by atoms with Crippen LogP contribution in [0.1, 0.15) is 37.1 Å². The van der Waals surface area contributed by atoms with Crippen LogP contribution in [0.15, 0.2) is 51.8 Å². The molecule has 0 aliphatic rings. The first-order valence-corrected chi connectivity index (χ1v) is 11.4. The molecule has 3 aromatic rings. The number of rotatable bonds is 5. The molecule has 0 bridgehead atoms. The summed E-state index contributed by atoms with van der Waals surface area (Å²) in [4.78, 5) is 39.3. The molecule has 1 unspecified atom stereocenters. The number of aliphatic hydroxyl groups is 1. The van der Waals surface area contributed by atoms with Crippen molar-refractivity contribution in [1.29, 1.82) is 0 Å². The van der Waals surface area contributed by atoms with E-state index in [-0.39, 0.29) is 22.5 Å². The minimum absolute atomic E-state index is 0.125. The summed E-state index contributed by atoms with van der Waals surface area (Å²) in [5, 5.41) is 18.3. The maximum absolute atomic E-state index is 13.4. The highest BCUT2D eigenvalue weighted by Crippen LogP contribution is 2.32. The fourth-order valence-electron chi connectivity index (χ4n) is 3.96. The lowest BCUT2D eigenvalue weighted by Crippen LogP contribution is -2.49. The third-order valence-corrected chi connectivity index (χ3v) is 5.84. The molecule has 0 saturated carbocycles. The number of nitrogens with one attached hydrogen (secondary N) is 1. The molecule has 0 aliphatic heterocycles. The van der Waals surface area contributed by atoms with Crippen LogP contribution in [0, 0.1) is 24.2 Å². The van der Waals surface area contributed by atoms with Gasteiger partial charge in [0.15, 0.2) is 0 Å². The normalized spacial score (nSPS) is 13.3. The molecule has 0 fully saturated rings. The molecular formula is C27H26F3N3O5. The number of hydrogen-bond donors (Lipinski definition) is 2. The molecule has 1 aromatic heterocycles. The number of anilines is 1. The second-order valence-corrected chi connectivity index (χ2v) is 9.72. The Hall–Kier alpha value is -4.17. The standard InChI is InChI=1S/C27H26F3N3O5/c1-16-21-14-19(10-11-20(21)22(34)38-32-16)31-23(35)26(37,15-25(2,3)24(36)33(4)5)13-12-17-6-8-18(9-7-17)27(28,29)30/h6-11,14,37H,15H2,1-5H3,(H,31,35). The highest BCUT2D eigenvalue weighted by atomic mass is 19.4. The summed E-state index contributed by atoms with van der Waals surface area (Å²) in [6, 6.07) is 8.25. The van der Waals surface area contributed by atoms with Crippen LogP contribution in [0.5, 0.6) is 0 Å². The monoisotopic (exact) mass is 529 g/mol. The number of aromatic nitrogens is 1. The van der Waals surface area contributed by atoms with Gasteiger partial charge in [-0.1, -0.05) is 30.8 Å². The Morgan fingerprint density at radius 1 is 1.08 bits per heavy atom. The molecule has 0 aliphatic carbocycles. The highest BCUT2D eigenvalue weighted by molar-refractivity contribution is 6.01. The zero-order chi connectivity index (χ0) is 28.5. The molecule has 11 heteroatoms. The van der Waals surface area contributed by atoms with Gasteiger partial charge < -0.3 is 19.8 Å². The fraction of sp³-hybridized carbons (Fsp3) is 0.333. The average Bonchev–Trinajstić information content (AvgIpc) is 2.84. The molecule has 0 spiro atoms. The summed E-state index contributed by atoms with van der Waals surface area (Å²) < 4.78 is 43.4. The Kier molecular flexibility index (Phi) is 7.70. The minimum Gasteiger partial charge on any atom is -0.369 e. The van der Waals surface area contributed by atoms with E-state index in [1.807, 2.05) is 0 Å². The predicted octanol–water partition coefficient (Wildman–Crippen LogP) is 3.74. The van der Waals surface area contributed by atoms with E-state index < -0.39 is 40.7 Å². The van der Waals surface area contributed by atoms with E-state index in [1.165, 1.54) is 51.0 Å². The molecule has 38 heavy (non-hydrogen) atoms. The van der Waals surface area contributed by atoms with Crippen molar-refractivity contribution in [3.8, 4) is 11.8 Å². The number of carbonyl (C=O) groups excluding carboxylic acids is 2. The van der Waals surface area contributed by atoms with E-state index in [1.54, 1.807) is 6.92 Å². The van der Waals surface area contributed by atoms with E-state index in [4.69, 9.17) is 4.52 Å². The van der Waals surface area contributed by atoms with Gasteiger partial charge in [-0.15, -0.1) is 0 Å². The lowest BCUT2D eigenvalue weighted by atomic mass is 9.78. The molecule has 1 heterocycles. The largest absolute Gasteiger partial charge is 0.416 e. The Morgan fingerprint density at radius 3 is 2.29 bits per heavy atom. The van der Waals surface area contributed by atoms with Crippen LogP contribution in [-0.4, -0.2) is 46.7 Å². The molecular weight excluding hydrogens is 503 g/mol. The lowest BCUT2D eigenvalue weighted by Gasteiger charge is -2.33. The van der Waals surface area contributed by atoms with Gasteiger partial charge in [0, 0.05) is 42.6 Å². The Balaban J connectivity index is 2.01. The molecule has 2 amide bonds. The number of halogens is 3. The van der Waals surface area contributed by atoms with Gasteiger partial charge in [0.25, 0.3) is 5.91 Å². The molecule has 3 rings (SSSR count). The maximum atomic E-state index is 13.4. The van der Waals surface area contributed by atoms with Crippen LogP contribution in [-0.2, 0) is 15.8 Å². The van der Waals surface area contributed by atoms with Gasteiger partial charge in [-0.05, 0) is 49.4 Å². The SMILES string of the molecule is Cc1noc(=O)c2ccc(NC(=O)C(O)(C#Cc3ccc(C(F)(F)F)cc3)CC(C)(C)C(=O)N(C)C)cc12. The smallest absolute Gasteiger partial charge is 0.369 e. The van der Waals surface area contributed by atoms with E-state index in [9.17, 15) is 32.7 Å². The number of fused-ring (bicyclic) bond motifs is 1. The predicted molar refractivity (Wildman–Crippen MR) is 134 cm³/mol. The number of alkyl halides is 3. The summed E-state index contributed by atoms with van der Waals surface area (Å²) in [7, 11) is 3.05. The molecule has 1 atom stereocenters. The zero-order valence-corrected chi connectivity index (χ0v) is 21.4. The summed E-state index contributed by atoms with van der Waals surface area (Å²) in [6.45, 7) is 4.69. The number of hydrogen-bond acceptors (Lipinski definition) is 6. The fourth-order valence-corrected chi connectivity index (χ4v) is 3.96. The topological polar surface area (TPSA) is 113 Å². The van der Waals surface area contributed by atoms with Crippen molar-refractivity contribution in [1.82, 2.24) is 10.1 Å². The first kappa shape index (κ1) is 28.4. The lowest BCUT2D eigenvalue weighted by molar-refractivity contribution is -0.143. The van der Waals surface area contributed by atoms with Gasteiger partial charge in [0.1, 0.15) is 0 Å². The van der Waals surface area contributed by atoms with Crippen LogP contribution in [0.2, 0.25) is 0 Å². The van der Waals surface area contributed by atoms with Gasteiger partial charge in [0.2, 0.25) is 11.5 Å². The van der Waals surface area contributed by atoms with Gasteiger partial charge in [0.05, 0.1) is 16.6 Å². The van der Waals surface area contributed by atoms with E-state index >= 15 is 0 Å². The summed E-state index contributed by atoms with van der Waals surface area (Å²) >= 11 is 0. The van der Waals surface area contributed by atoms with Crippen molar-refractivity contribution in [2.75, 3.05) is 19.4 Å². The van der Waals surface area contributed by atoms with Crippen molar-refractivity contribution in [3.05, 3.63) is 69.7 Å². The molecule has 8 nitrogen and oxygen atoms in total. The van der Waals surface area contributed by atoms with E-state index in [0.717, 1.165) is 24.3 Å². The van der Waals surface area contributed by atoms with E-state index in [2.05, 4.69) is 22.3 Å². The maximum Gasteiger partial charge on any atom is 0.416 e. The first-order valence-electron chi connectivity index (χ1n) is 11.4. The molecule has 2 N–H and O–H groups in total. The van der Waals surface area contributed by atoms with Crippen molar-refractivity contribution in [3.63, 3.8) is 0 Å². The van der Waals surface area contributed by atoms with Gasteiger partial charge in [-0.25, -0.2) is 4.79 Å². The van der Waals surface area contributed by atoms with Crippen LogP contribution in [0.4, 0.5) is 18.9 Å². The Labute approximate surface area is 216 Å². The molecule has 0 saturated heterocycles. The number of amides is 2. The molecule has 0 radical (unpaired) electrons. The number of carbonyl (C=O) groups is 2.